The lowest BCUT2D eigenvalue weighted by molar-refractivity contribution is -0.169. The van der Waals surface area contributed by atoms with Gasteiger partial charge in [-0.15, -0.1) is 0 Å². The van der Waals surface area contributed by atoms with Crippen molar-refractivity contribution in [3.05, 3.63) is 0 Å². The Morgan fingerprint density at radius 1 is 0.333 bits per heavy atom. The molecular formula is C30H38O18. The fraction of sp³-hybridized carbons (Fsp3) is 0.600. The molecule has 48 heavy (non-hydrogen) atoms. The number of aliphatic carboxylic acids is 6. The highest BCUT2D eigenvalue weighted by Crippen LogP contribution is 2.49. The number of hydrogen-bond donors (Lipinski definition) is 6. The monoisotopic (exact) mass is 686 g/mol. The summed E-state index contributed by atoms with van der Waals surface area (Å²) in [5.74, 6) is -45.0. The lowest BCUT2D eigenvalue weighted by atomic mass is 9.55. The number of ketones is 6. The third kappa shape index (κ3) is 10.4. The van der Waals surface area contributed by atoms with Crippen LogP contribution in [0.25, 0.3) is 0 Å². The summed E-state index contributed by atoms with van der Waals surface area (Å²) in [5, 5.41) is 60.4. The predicted molar refractivity (Wildman–Crippen MR) is 154 cm³/mol. The molecule has 18 nitrogen and oxygen atoms in total. The van der Waals surface area contributed by atoms with Crippen molar-refractivity contribution in [2.24, 2.45) is 59.2 Å². The lowest BCUT2D eigenvalue weighted by Crippen LogP contribution is -2.54. The van der Waals surface area contributed by atoms with Crippen LogP contribution in [0.4, 0.5) is 0 Å². The predicted octanol–water partition coefficient (Wildman–Crippen LogP) is -0.0298. The SMILES string of the molecule is CC(=O)C(C[C@@H](C(C(C)=O)C(=O)O)[C@@H](C(C(C)=O)C(=O)O)[C@H](C(C(C)=O)C(=O)O)C(C[C@H](C(C)=O)C(=O)O)C(C(C)=O)C(=O)O)C(=O)O. The van der Waals surface area contributed by atoms with E-state index >= 15 is 0 Å². The zero-order chi connectivity index (χ0) is 38.1. The van der Waals surface area contributed by atoms with Gasteiger partial charge in [-0.25, -0.2) is 0 Å². The zero-order valence-electron chi connectivity index (χ0n) is 26.8. The maximum absolute atomic E-state index is 13.1. The van der Waals surface area contributed by atoms with Crippen LogP contribution in [0, 0.1) is 59.2 Å². The molecule has 0 aromatic carbocycles. The number of carboxylic acids is 6. The number of carbonyl (C=O) groups is 12. The largest absolute Gasteiger partial charge is 0.481 e. The molecule has 0 saturated heterocycles. The molecular weight excluding hydrogens is 648 g/mol. The molecule has 0 saturated carbocycles. The van der Waals surface area contributed by atoms with Gasteiger partial charge in [0.2, 0.25) is 0 Å². The van der Waals surface area contributed by atoms with Gasteiger partial charge in [-0.05, 0) is 78.1 Å². The van der Waals surface area contributed by atoms with E-state index in [9.17, 15) is 88.2 Å². The fourth-order valence-electron chi connectivity index (χ4n) is 6.50. The van der Waals surface area contributed by atoms with Gasteiger partial charge in [-0.2, -0.15) is 0 Å². The molecule has 266 valence electrons. The zero-order valence-corrected chi connectivity index (χ0v) is 26.8. The summed E-state index contributed by atoms with van der Waals surface area (Å²) in [7, 11) is 0. The van der Waals surface area contributed by atoms with E-state index in [0.29, 0.717) is 27.7 Å². The second-order valence-electron chi connectivity index (χ2n) is 11.7. The van der Waals surface area contributed by atoms with Crippen LogP contribution in [0.5, 0.6) is 0 Å². The van der Waals surface area contributed by atoms with Crippen LogP contribution in [0.15, 0.2) is 0 Å². The Kier molecular flexibility index (Phi) is 15.8. The molecule has 0 spiro atoms. The van der Waals surface area contributed by atoms with Gasteiger partial charge in [-0.3, -0.25) is 57.5 Å². The number of Topliss-reactive ketones (excluding diaryl/α,β-unsaturated/α-hetero) is 6. The molecule has 0 aromatic heterocycles. The van der Waals surface area contributed by atoms with Crippen molar-refractivity contribution in [2.75, 3.05) is 0 Å². The standard InChI is InChI=1S/C30H38O18/c1-9(31)15(25(37)38)7-17(19(11(3)33)27(41)42)23(21(13(5)35)29(45)46)24(22(14(6)36)30(47)48)18(20(12(4)34)28(43)44)8-16(10(2)32)26(39)40/h15-24H,7-8H2,1-6H3,(H,37,38)(H,39,40)(H,41,42)(H,43,44)(H,45,46)(H,47,48)/t15-,16?,17?,18+,19?,20?,21?,22?,23+,24+/m1/s1. The van der Waals surface area contributed by atoms with Crippen molar-refractivity contribution >= 4 is 70.5 Å². The fourth-order valence-corrected chi connectivity index (χ4v) is 6.50. The average molecular weight is 687 g/mol. The van der Waals surface area contributed by atoms with E-state index < -0.39 is 143 Å². The highest BCUT2D eigenvalue weighted by Gasteiger charge is 2.57. The topological polar surface area (TPSA) is 326 Å². The van der Waals surface area contributed by atoms with Crippen molar-refractivity contribution in [1.82, 2.24) is 0 Å². The third-order valence-electron chi connectivity index (χ3n) is 8.47. The highest BCUT2D eigenvalue weighted by molar-refractivity contribution is 6.03. The molecule has 0 aliphatic rings. The first-order valence-electron chi connectivity index (χ1n) is 14.2. The highest BCUT2D eigenvalue weighted by atomic mass is 16.4. The summed E-state index contributed by atoms with van der Waals surface area (Å²) in [4.78, 5) is 152. The van der Waals surface area contributed by atoms with E-state index in [1.807, 2.05) is 0 Å². The van der Waals surface area contributed by atoms with E-state index in [4.69, 9.17) is 0 Å². The van der Waals surface area contributed by atoms with Crippen molar-refractivity contribution in [3.63, 3.8) is 0 Å². The minimum absolute atomic E-state index is 0.608. The quantitative estimate of drug-likeness (QED) is 0.0768. The molecule has 0 rings (SSSR count). The second kappa shape index (κ2) is 17.7. The number of carbonyl (C=O) groups excluding carboxylic acids is 6. The maximum atomic E-state index is 13.1. The Morgan fingerprint density at radius 3 is 0.667 bits per heavy atom. The number of carboxylic acid groups (broad SMARTS) is 6. The Bertz CT molecular complexity index is 1200. The van der Waals surface area contributed by atoms with E-state index in [1.165, 1.54) is 0 Å². The Hall–Kier alpha value is -5.16. The summed E-state index contributed by atoms with van der Waals surface area (Å²) < 4.78 is 0. The third-order valence-corrected chi connectivity index (χ3v) is 8.47. The first-order valence-corrected chi connectivity index (χ1v) is 14.2. The van der Waals surface area contributed by atoms with E-state index in [1.54, 1.807) is 0 Å². The maximum Gasteiger partial charge on any atom is 0.314 e. The van der Waals surface area contributed by atoms with Crippen molar-refractivity contribution < 1.29 is 88.2 Å². The lowest BCUT2D eigenvalue weighted by Gasteiger charge is -2.45. The van der Waals surface area contributed by atoms with E-state index in [0.717, 1.165) is 13.8 Å². The van der Waals surface area contributed by atoms with Gasteiger partial charge < -0.3 is 30.6 Å². The van der Waals surface area contributed by atoms with Crippen molar-refractivity contribution in [2.45, 2.75) is 54.4 Å². The summed E-state index contributed by atoms with van der Waals surface area (Å²) in [5.41, 5.74) is 0. The molecule has 10 atom stereocenters. The van der Waals surface area contributed by atoms with Gasteiger partial charge in [0, 0.05) is 0 Å². The number of hydrogen-bond acceptors (Lipinski definition) is 12. The van der Waals surface area contributed by atoms with Crippen LogP contribution in [-0.2, 0) is 57.5 Å². The van der Waals surface area contributed by atoms with Crippen LogP contribution in [0.2, 0.25) is 0 Å². The Balaban J connectivity index is 9.02. The molecule has 0 radical (unpaired) electrons. The second-order valence-corrected chi connectivity index (χ2v) is 11.7. The molecule has 0 amide bonds. The van der Waals surface area contributed by atoms with Crippen LogP contribution in [0.1, 0.15) is 54.4 Å². The summed E-state index contributed by atoms with van der Waals surface area (Å²) in [6.45, 7) is 3.96. The molecule has 0 fully saturated rings. The summed E-state index contributed by atoms with van der Waals surface area (Å²) >= 11 is 0. The molecule has 0 aromatic rings. The first-order chi connectivity index (χ1) is 21.8. The summed E-state index contributed by atoms with van der Waals surface area (Å²) in [6, 6.07) is 0. The minimum Gasteiger partial charge on any atom is -0.481 e. The molecule has 6 unspecified atom stereocenters. The minimum atomic E-state index is -2.67. The van der Waals surface area contributed by atoms with Crippen LogP contribution in [0.3, 0.4) is 0 Å². The number of rotatable bonds is 23. The summed E-state index contributed by atoms with van der Waals surface area (Å²) in [6.07, 6.45) is -2.58. The average Bonchev–Trinajstić information content (AvgIpc) is 2.87. The van der Waals surface area contributed by atoms with Crippen LogP contribution in [-0.4, -0.2) is 101 Å². The molecule has 6 N–H and O–H groups in total. The normalized spacial score (nSPS) is 17.4. The van der Waals surface area contributed by atoms with Crippen LogP contribution < -0.4 is 0 Å². The van der Waals surface area contributed by atoms with Gasteiger partial charge in [0.25, 0.3) is 0 Å². The van der Waals surface area contributed by atoms with Gasteiger partial charge >= 0.3 is 35.8 Å². The molecule has 0 aliphatic heterocycles. The smallest absolute Gasteiger partial charge is 0.314 e. The molecule has 18 heteroatoms. The molecule has 0 heterocycles. The Labute approximate surface area is 272 Å². The first kappa shape index (κ1) is 42.8. The molecule has 0 aliphatic carbocycles. The van der Waals surface area contributed by atoms with Crippen molar-refractivity contribution in [3.8, 4) is 0 Å². The van der Waals surface area contributed by atoms with E-state index in [2.05, 4.69) is 0 Å². The van der Waals surface area contributed by atoms with Crippen LogP contribution >= 0.6 is 0 Å². The van der Waals surface area contributed by atoms with E-state index in [-0.39, 0.29) is 0 Å². The van der Waals surface area contributed by atoms with Gasteiger partial charge in [-0.1, -0.05) is 0 Å². The van der Waals surface area contributed by atoms with Gasteiger partial charge in [0.05, 0.1) is 0 Å². The van der Waals surface area contributed by atoms with Crippen molar-refractivity contribution in [1.29, 1.82) is 0 Å². The molecule has 0 bridgehead atoms. The van der Waals surface area contributed by atoms with Gasteiger partial charge in [0.15, 0.2) is 0 Å². The Morgan fingerprint density at radius 2 is 0.542 bits per heavy atom. The van der Waals surface area contributed by atoms with Gasteiger partial charge in [0.1, 0.15) is 70.2 Å².